The number of carbonyl (C=O) groups is 3. The largest absolute Gasteiger partial charge is 0.369 e. The molecule has 0 aliphatic carbocycles. The SMILES string of the molecule is Cc1ccc(N2C[C@@H](NC(=O)N3CCC(C(N)=O)CC3)CC2=O)cc1C. The average molecular weight is 358 g/mol. The number of piperidine rings is 1. The van der Waals surface area contributed by atoms with Gasteiger partial charge >= 0.3 is 6.03 Å². The first kappa shape index (κ1) is 18.2. The first-order chi connectivity index (χ1) is 12.3. The zero-order chi connectivity index (χ0) is 18.8. The first-order valence-corrected chi connectivity index (χ1v) is 9.07. The second-order valence-corrected chi connectivity index (χ2v) is 7.29. The fraction of sp³-hybridized carbons (Fsp3) is 0.526. The van der Waals surface area contributed by atoms with Crippen molar-refractivity contribution in [2.24, 2.45) is 11.7 Å². The van der Waals surface area contributed by atoms with E-state index < -0.39 is 0 Å². The Morgan fingerprint density at radius 1 is 1.15 bits per heavy atom. The van der Waals surface area contributed by atoms with Gasteiger partial charge in [-0.05, 0) is 49.9 Å². The molecular weight excluding hydrogens is 332 g/mol. The van der Waals surface area contributed by atoms with Crippen LogP contribution in [0.5, 0.6) is 0 Å². The minimum Gasteiger partial charge on any atom is -0.369 e. The highest BCUT2D eigenvalue weighted by atomic mass is 16.2. The predicted molar refractivity (Wildman–Crippen MR) is 98.7 cm³/mol. The van der Waals surface area contributed by atoms with Crippen LogP contribution in [-0.2, 0) is 9.59 Å². The van der Waals surface area contributed by atoms with Gasteiger partial charge in [0, 0.05) is 37.7 Å². The van der Waals surface area contributed by atoms with Crippen molar-refractivity contribution in [1.82, 2.24) is 10.2 Å². The highest BCUT2D eigenvalue weighted by Gasteiger charge is 2.33. The monoisotopic (exact) mass is 358 g/mol. The van der Waals surface area contributed by atoms with Gasteiger partial charge in [0.25, 0.3) is 0 Å². The maximum absolute atomic E-state index is 12.4. The summed E-state index contributed by atoms with van der Waals surface area (Å²) < 4.78 is 0. The molecule has 0 unspecified atom stereocenters. The van der Waals surface area contributed by atoms with Gasteiger partial charge in [-0.1, -0.05) is 6.07 Å². The Hall–Kier alpha value is -2.57. The molecular formula is C19H26N4O3. The number of benzene rings is 1. The lowest BCUT2D eigenvalue weighted by Gasteiger charge is -2.31. The summed E-state index contributed by atoms with van der Waals surface area (Å²) in [4.78, 5) is 39.5. The summed E-state index contributed by atoms with van der Waals surface area (Å²) in [7, 11) is 0. The number of urea groups is 1. The van der Waals surface area contributed by atoms with Gasteiger partial charge in [0.1, 0.15) is 0 Å². The molecule has 1 atom stereocenters. The lowest BCUT2D eigenvalue weighted by Crippen LogP contribution is -2.49. The molecule has 140 valence electrons. The van der Waals surface area contributed by atoms with Gasteiger partial charge in [-0.25, -0.2) is 4.79 Å². The molecule has 2 aliphatic heterocycles. The Morgan fingerprint density at radius 2 is 1.85 bits per heavy atom. The number of primary amides is 1. The van der Waals surface area contributed by atoms with E-state index in [1.807, 2.05) is 32.0 Å². The lowest BCUT2D eigenvalue weighted by atomic mass is 9.96. The number of likely N-dealkylation sites (tertiary alicyclic amines) is 1. The van der Waals surface area contributed by atoms with Crippen molar-refractivity contribution in [3.63, 3.8) is 0 Å². The van der Waals surface area contributed by atoms with Crippen molar-refractivity contribution in [3.05, 3.63) is 29.3 Å². The van der Waals surface area contributed by atoms with Crippen LogP contribution in [0, 0.1) is 19.8 Å². The molecule has 26 heavy (non-hydrogen) atoms. The van der Waals surface area contributed by atoms with E-state index in [2.05, 4.69) is 5.32 Å². The summed E-state index contributed by atoms with van der Waals surface area (Å²) in [6, 6.07) is 5.58. The fourth-order valence-corrected chi connectivity index (χ4v) is 3.58. The number of aryl methyl sites for hydroxylation is 2. The number of rotatable bonds is 3. The zero-order valence-electron chi connectivity index (χ0n) is 15.3. The van der Waals surface area contributed by atoms with E-state index in [0.29, 0.717) is 38.9 Å². The first-order valence-electron chi connectivity index (χ1n) is 9.07. The fourth-order valence-electron chi connectivity index (χ4n) is 3.58. The highest BCUT2D eigenvalue weighted by Crippen LogP contribution is 2.24. The topological polar surface area (TPSA) is 95.7 Å². The smallest absolute Gasteiger partial charge is 0.317 e. The van der Waals surface area contributed by atoms with Gasteiger partial charge in [0.05, 0.1) is 6.04 Å². The lowest BCUT2D eigenvalue weighted by molar-refractivity contribution is -0.123. The molecule has 3 N–H and O–H groups in total. The van der Waals surface area contributed by atoms with E-state index in [1.165, 1.54) is 5.56 Å². The maximum Gasteiger partial charge on any atom is 0.317 e. The van der Waals surface area contributed by atoms with Crippen molar-refractivity contribution in [3.8, 4) is 0 Å². The van der Waals surface area contributed by atoms with Gasteiger partial charge in [-0.3, -0.25) is 9.59 Å². The van der Waals surface area contributed by atoms with Crippen LogP contribution in [0.4, 0.5) is 10.5 Å². The van der Waals surface area contributed by atoms with Gasteiger partial charge in [-0.2, -0.15) is 0 Å². The Labute approximate surface area is 153 Å². The molecule has 2 heterocycles. The number of nitrogens with two attached hydrogens (primary N) is 1. The molecule has 7 nitrogen and oxygen atoms in total. The van der Waals surface area contributed by atoms with Crippen LogP contribution in [-0.4, -0.2) is 48.4 Å². The number of anilines is 1. The predicted octanol–water partition coefficient (Wildman–Crippen LogP) is 1.32. The minimum atomic E-state index is -0.296. The summed E-state index contributed by atoms with van der Waals surface area (Å²) in [5.74, 6) is -0.422. The van der Waals surface area contributed by atoms with Gasteiger partial charge in [0.2, 0.25) is 11.8 Å². The Bertz CT molecular complexity index is 725. The van der Waals surface area contributed by atoms with E-state index in [1.54, 1.807) is 9.80 Å². The summed E-state index contributed by atoms with van der Waals surface area (Å²) in [5.41, 5.74) is 8.52. The molecule has 0 radical (unpaired) electrons. The second kappa shape index (κ2) is 7.35. The second-order valence-electron chi connectivity index (χ2n) is 7.29. The standard InChI is InChI=1S/C19H26N4O3/c1-12-3-4-16(9-13(12)2)23-11-15(10-17(23)24)21-19(26)22-7-5-14(6-8-22)18(20)25/h3-4,9,14-15H,5-8,10-11H2,1-2H3,(H2,20,25)(H,21,26)/t15-/m0/s1. The van der Waals surface area contributed by atoms with Gasteiger partial charge in [-0.15, -0.1) is 0 Å². The quantitative estimate of drug-likeness (QED) is 0.853. The van der Waals surface area contributed by atoms with Crippen molar-refractivity contribution in [1.29, 1.82) is 0 Å². The van der Waals surface area contributed by atoms with Gasteiger partial charge < -0.3 is 20.9 Å². The van der Waals surface area contributed by atoms with Crippen molar-refractivity contribution in [2.45, 2.75) is 39.2 Å². The molecule has 0 spiro atoms. The maximum atomic E-state index is 12.4. The molecule has 0 bridgehead atoms. The molecule has 2 fully saturated rings. The summed E-state index contributed by atoms with van der Waals surface area (Å²) in [5, 5.41) is 2.96. The van der Waals surface area contributed by atoms with E-state index >= 15 is 0 Å². The van der Waals surface area contributed by atoms with Crippen LogP contribution in [0.1, 0.15) is 30.4 Å². The number of nitrogens with one attached hydrogen (secondary N) is 1. The number of nitrogens with zero attached hydrogens (tertiary/aromatic N) is 2. The number of hydrogen-bond donors (Lipinski definition) is 2. The molecule has 0 saturated carbocycles. The van der Waals surface area contributed by atoms with Crippen LogP contribution in [0.2, 0.25) is 0 Å². The molecule has 4 amide bonds. The van der Waals surface area contributed by atoms with Crippen molar-refractivity contribution >= 4 is 23.5 Å². The van der Waals surface area contributed by atoms with E-state index in [0.717, 1.165) is 11.3 Å². The third kappa shape index (κ3) is 3.81. The number of carbonyl (C=O) groups excluding carboxylic acids is 3. The van der Waals surface area contributed by atoms with Crippen LogP contribution >= 0.6 is 0 Å². The number of hydrogen-bond acceptors (Lipinski definition) is 3. The molecule has 1 aromatic carbocycles. The molecule has 7 heteroatoms. The van der Waals surface area contributed by atoms with Crippen LogP contribution < -0.4 is 16.0 Å². The third-order valence-corrected chi connectivity index (χ3v) is 5.44. The van der Waals surface area contributed by atoms with Crippen LogP contribution in [0.3, 0.4) is 0 Å². The Morgan fingerprint density at radius 3 is 2.46 bits per heavy atom. The van der Waals surface area contributed by atoms with E-state index in [-0.39, 0.29) is 29.8 Å². The molecule has 1 aromatic rings. The molecule has 2 saturated heterocycles. The summed E-state index contributed by atoms with van der Waals surface area (Å²) >= 11 is 0. The van der Waals surface area contributed by atoms with Crippen molar-refractivity contribution in [2.75, 3.05) is 24.5 Å². The normalized spacial score (nSPS) is 21.2. The Kier molecular flexibility index (Phi) is 5.15. The van der Waals surface area contributed by atoms with Gasteiger partial charge in [0.15, 0.2) is 0 Å². The van der Waals surface area contributed by atoms with Crippen LogP contribution in [0.25, 0.3) is 0 Å². The third-order valence-electron chi connectivity index (χ3n) is 5.44. The zero-order valence-corrected chi connectivity index (χ0v) is 15.3. The van der Waals surface area contributed by atoms with Crippen molar-refractivity contribution < 1.29 is 14.4 Å². The summed E-state index contributed by atoms with van der Waals surface area (Å²) in [6.45, 7) is 5.57. The Balaban J connectivity index is 1.56. The summed E-state index contributed by atoms with van der Waals surface area (Å²) in [6.07, 6.45) is 1.50. The molecule has 0 aromatic heterocycles. The highest BCUT2D eigenvalue weighted by molar-refractivity contribution is 5.97. The van der Waals surface area contributed by atoms with E-state index in [9.17, 15) is 14.4 Å². The molecule has 2 aliphatic rings. The van der Waals surface area contributed by atoms with Crippen LogP contribution in [0.15, 0.2) is 18.2 Å². The average Bonchev–Trinajstić information content (AvgIpc) is 2.97. The number of amides is 4. The molecule has 3 rings (SSSR count). The van der Waals surface area contributed by atoms with E-state index in [4.69, 9.17) is 5.73 Å². The minimum absolute atomic E-state index is 0.0194.